The molecule has 120 valence electrons. The Morgan fingerprint density at radius 3 is 2.77 bits per heavy atom. The maximum atomic E-state index is 12.3. The van der Waals surface area contributed by atoms with E-state index in [1.165, 1.54) is 17.8 Å². The number of nitrogens with one attached hydrogen (secondary N) is 2. The van der Waals surface area contributed by atoms with Crippen molar-refractivity contribution in [1.29, 1.82) is 0 Å². The largest absolute Gasteiger partial charge is 0.378 e. The minimum Gasteiger partial charge on any atom is -0.378 e. The van der Waals surface area contributed by atoms with Crippen molar-refractivity contribution < 1.29 is 9.53 Å². The number of hydrogen-bond acceptors (Lipinski definition) is 5. The molecule has 0 aliphatic carbocycles. The van der Waals surface area contributed by atoms with Crippen molar-refractivity contribution in [3.63, 3.8) is 0 Å². The number of ether oxygens (including phenoxy) is 1. The highest BCUT2D eigenvalue weighted by atomic mass is 16.5. The fraction of sp³-hybridized carbons (Fsp3) is 0.643. The van der Waals surface area contributed by atoms with Crippen molar-refractivity contribution in [3.05, 3.63) is 32.6 Å². The van der Waals surface area contributed by atoms with Gasteiger partial charge in [0.05, 0.1) is 25.3 Å². The third-order valence-corrected chi connectivity index (χ3v) is 4.33. The highest BCUT2D eigenvalue weighted by Gasteiger charge is 2.35. The van der Waals surface area contributed by atoms with E-state index in [2.05, 4.69) is 15.2 Å². The van der Waals surface area contributed by atoms with E-state index in [0.29, 0.717) is 13.2 Å². The van der Waals surface area contributed by atoms with Gasteiger partial charge in [0.25, 0.3) is 11.5 Å². The Morgan fingerprint density at radius 2 is 2.05 bits per heavy atom. The Bertz CT molecular complexity index is 674. The van der Waals surface area contributed by atoms with Crippen molar-refractivity contribution in [2.75, 3.05) is 26.3 Å². The lowest BCUT2D eigenvalue weighted by atomic mass is 10.1. The number of aryl methyl sites for hydroxylation is 1. The van der Waals surface area contributed by atoms with E-state index in [-0.39, 0.29) is 17.6 Å². The average molecular weight is 308 g/mol. The number of rotatable bonds is 3. The molecule has 2 fully saturated rings. The number of carbonyl (C=O) groups is 1. The molecule has 0 bridgehead atoms. The van der Waals surface area contributed by atoms with Gasteiger partial charge in [-0.05, 0) is 25.9 Å². The first-order chi connectivity index (χ1) is 10.6. The molecule has 0 aromatic carbocycles. The smallest absolute Gasteiger partial charge is 0.328 e. The van der Waals surface area contributed by atoms with E-state index in [1.807, 2.05) is 0 Å². The van der Waals surface area contributed by atoms with Crippen LogP contribution in [0, 0.1) is 0 Å². The minimum atomic E-state index is -0.669. The number of carbonyl (C=O) groups excluding carboxylic acids is 1. The summed E-state index contributed by atoms with van der Waals surface area (Å²) >= 11 is 0. The lowest BCUT2D eigenvalue weighted by molar-refractivity contribution is 0.0914. The van der Waals surface area contributed by atoms with E-state index in [0.717, 1.165) is 25.9 Å². The second kappa shape index (κ2) is 6.05. The molecule has 0 unspecified atom stereocenters. The molecule has 1 aromatic rings. The summed E-state index contributed by atoms with van der Waals surface area (Å²) in [5.74, 6) is -0.475. The Morgan fingerprint density at radius 1 is 1.32 bits per heavy atom. The highest BCUT2D eigenvalue weighted by molar-refractivity contribution is 5.93. The molecular formula is C14H20N4O4. The molecule has 0 saturated carbocycles. The molecule has 2 aliphatic rings. The summed E-state index contributed by atoms with van der Waals surface area (Å²) < 4.78 is 6.67. The first kappa shape index (κ1) is 15.0. The summed E-state index contributed by atoms with van der Waals surface area (Å²) in [4.78, 5) is 39.9. The van der Waals surface area contributed by atoms with Gasteiger partial charge in [-0.3, -0.25) is 19.5 Å². The molecule has 8 heteroatoms. The van der Waals surface area contributed by atoms with E-state index in [4.69, 9.17) is 4.74 Å². The quantitative estimate of drug-likeness (QED) is 0.721. The van der Waals surface area contributed by atoms with Gasteiger partial charge in [-0.2, -0.15) is 0 Å². The van der Waals surface area contributed by atoms with Crippen LogP contribution in [-0.2, 0) is 11.8 Å². The third kappa shape index (κ3) is 2.84. The molecule has 2 atom stereocenters. The van der Waals surface area contributed by atoms with Gasteiger partial charge in [-0.1, -0.05) is 0 Å². The van der Waals surface area contributed by atoms with Gasteiger partial charge >= 0.3 is 5.69 Å². The van der Waals surface area contributed by atoms with Crippen molar-refractivity contribution >= 4 is 5.91 Å². The van der Waals surface area contributed by atoms with E-state index < -0.39 is 17.2 Å². The standard InChI is InChI=1S/C14H20N4O4/c1-17-6-9(13(20)16-14(17)21)12(19)15-10-7-22-8-11(10)18-4-2-3-5-18/h6,10-11H,2-5,7-8H2,1H3,(H,15,19)(H,16,20,21)/t10-,11-/m1/s1. The van der Waals surface area contributed by atoms with Crippen molar-refractivity contribution in [3.8, 4) is 0 Å². The van der Waals surface area contributed by atoms with Crippen LogP contribution in [0.1, 0.15) is 23.2 Å². The Kier molecular flexibility index (Phi) is 4.12. The Labute approximate surface area is 127 Å². The maximum absolute atomic E-state index is 12.3. The van der Waals surface area contributed by atoms with E-state index in [1.54, 1.807) is 0 Å². The van der Waals surface area contributed by atoms with Crippen LogP contribution < -0.4 is 16.6 Å². The zero-order chi connectivity index (χ0) is 15.7. The van der Waals surface area contributed by atoms with Crippen LogP contribution in [0.15, 0.2) is 15.8 Å². The number of amides is 1. The first-order valence-electron chi connectivity index (χ1n) is 7.49. The van der Waals surface area contributed by atoms with Gasteiger partial charge in [-0.15, -0.1) is 0 Å². The predicted molar refractivity (Wildman–Crippen MR) is 79.0 cm³/mol. The number of aromatic amines is 1. The van der Waals surface area contributed by atoms with Crippen LogP contribution in [0.2, 0.25) is 0 Å². The zero-order valence-corrected chi connectivity index (χ0v) is 12.5. The normalized spacial score (nSPS) is 25.5. The Balaban J connectivity index is 1.75. The molecule has 2 N–H and O–H groups in total. The van der Waals surface area contributed by atoms with Crippen LogP contribution in [0.5, 0.6) is 0 Å². The molecule has 22 heavy (non-hydrogen) atoms. The maximum Gasteiger partial charge on any atom is 0.328 e. The minimum absolute atomic E-state index is 0.0610. The third-order valence-electron chi connectivity index (χ3n) is 4.33. The molecule has 3 heterocycles. The second-order valence-corrected chi connectivity index (χ2v) is 5.84. The fourth-order valence-corrected chi connectivity index (χ4v) is 3.09. The molecular weight excluding hydrogens is 288 g/mol. The topological polar surface area (TPSA) is 96.4 Å². The van der Waals surface area contributed by atoms with E-state index >= 15 is 0 Å². The molecule has 8 nitrogen and oxygen atoms in total. The van der Waals surface area contributed by atoms with Crippen LogP contribution in [-0.4, -0.2) is 58.7 Å². The molecule has 0 spiro atoms. The summed E-state index contributed by atoms with van der Waals surface area (Å²) in [6, 6.07) is 0.0142. The van der Waals surface area contributed by atoms with Gasteiger partial charge in [0.1, 0.15) is 5.56 Å². The highest BCUT2D eigenvalue weighted by Crippen LogP contribution is 2.19. The zero-order valence-electron chi connectivity index (χ0n) is 12.5. The number of likely N-dealkylation sites (tertiary alicyclic amines) is 1. The predicted octanol–water partition coefficient (Wildman–Crippen LogP) is -1.33. The van der Waals surface area contributed by atoms with Crippen LogP contribution >= 0.6 is 0 Å². The summed E-state index contributed by atoms with van der Waals surface area (Å²) in [6.45, 7) is 3.06. The average Bonchev–Trinajstić information content (AvgIpc) is 3.13. The lowest BCUT2D eigenvalue weighted by Crippen LogP contribution is -2.51. The molecule has 3 rings (SSSR count). The number of hydrogen-bond donors (Lipinski definition) is 2. The van der Waals surface area contributed by atoms with Crippen LogP contribution in [0.3, 0.4) is 0 Å². The summed E-state index contributed by atoms with van der Waals surface area (Å²) in [5.41, 5.74) is -1.27. The van der Waals surface area contributed by atoms with Crippen molar-refractivity contribution in [2.45, 2.75) is 24.9 Å². The fourth-order valence-electron chi connectivity index (χ4n) is 3.09. The van der Waals surface area contributed by atoms with Gasteiger partial charge in [0, 0.05) is 13.2 Å². The van der Waals surface area contributed by atoms with Crippen molar-refractivity contribution in [2.24, 2.45) is 7.05 Å². The molecule has 2 saturated heterocycles. The molecule has 2 aliphatic heterocycles. The van der Waals surface area contributed by atoms with Crippen molar-refractivity contribution in [1.82, 2.24) is 19.8 Å². The molecule has 0 radical (unpaired) electrons. The SMILES string of the molecule is Cn1cc(C(=O)N[C@@H]2COC[C@H]2N2CCCC2)c(=O)[nH]c1=O. The van der Waals surface area contributed by atoms with Gasteiger partial charge in [-0.25, -0.2) is 4.79 Å². The van der Waals surface area contributed by atoms with Gasteiger partial charge < -0.3 is 14.6 Å². The summed E-state index contributed by atoms with van der Waals surface area (Å²) in [6.07, 6.45) is 3.59. The summed E-state index contributed by atoms with van der Waals surface area (Å²) in [5, 5.41) is 2.87. The van der Waals surface area contributed by atoms with Crippen LogP contribution in [0.25, 0.3) is 0 Å². The van der Waals surface area contributed by atoms with Gasteiger partial charge in [0.2, 0.25) is 0 Å². The molecule has 1 aromatic heterocycles. The Hall–Kier alpha value is -1.93. The lowest BCUT2D eigenvalue weighted by Gasteiger charge is -2.27. The molecule has 1 amide bonds. The monoisotopic (exact) mass is 308 g/mol. The number of nitrogens with zero attached hydrogens (tertiary/aromatic N) is 2. The number of aromatic nitrogens is 2. The number of H-pyrrole nitrogens is 1. The van der Waals surface area contributed by atoms with E-state index in [9.17, 15) is 14.4 Å². The summed E-state index contributed by atoms with van der Waals surface area (Å²) in [7, 11) is 1.49. The van der Waals surface area contributed by atoms with Gasteiger partial charge in [0.15, 0.2) is 0 Å². The first-order valence-corrected chi connectivity index (χ1v) is 7.49. The van der Waals surface area contributed by atoms with Crippen LogP contribution in [0.4, 0.5) is 0 Å². The second-order valence-electron chi connectivity index (χ2n) is 5.84.